The van der Waals surface area contributed by atoms with Gasteiger partial charge in [-0.2, -0.15) is 0 Å². The number of nitrogens with one attached hydrogen (secondary N) is 1. The number of hydrogen-bond acceptors (Lipinski definition) is 2. The van der Waals surface area contributed by atoms with Crippen LogP contribution in [-0.2, 0) is 4.74 Å². The van der Waals surface area contributed by atoms with Crippen LogP contribution in [0.5, 0.6) is 0 Å². The molecule has 0 aromatic heterocycles. The molecule has 2 heteroatoms. The molecule has 1 saturated carbocycles. The highest BCUT2D eigenvalue weighted by atomic mass is 16.5. The second kappa shape index (κ2) is 4.24. The normalized spacial score (nSPS) is 22.2. The molecule has 0 saturated heterocycles. The van der Waals surface area contributed by atoms with Crippen LogP contribution in [0.2, 0.25) is 0 Å². The fraction of sp³-hybridized carbons (Fsp3) is 1.00. The average molecular weight is 171 g/mol. The quantitative estimate of drug-likeness (QED) is 0.658. The Morgan fingerprint density at radius 2 is 2.17 bits per heavy atom. The van der Waals surface area contributed by atoms with Gasteiger partial charge in [-0.3, -0.25) is 0 Å². The van der Waals surface area contributed by atoms with E-state index in [4.69, 9.17) is 4.74 Å². The van der Waals surface area contributed by atoms with Gasteiger partial charge in [0.2, 0.25) is 0 Å². The summed E-state index contributed by atoms with van der Waals surface area (Å²) < 4.78 is 5.28. The first-order valence-electron chi connectivity index (χ1n) is 4.96. The largest absolute Gasteiger partial charge is 0.382 e. The molecule has 1 rings (SSSR count). The SMILES string of the molecule is CCNCC1(CC(C)OC)CC1. The summed E-state index contributed by atoms with van der Waals surface area (Å²) in [6, 6.07) is 0. The molecule has 1 aliphatic rings. The van der Waals surface area contributed by atoms with Crippen LogP contribution in [0.4, 0.5) is 0 Å². The van der Waals surface area contributed by atoms with E-state index >= 15 is 0 Å². The molecule has 0 amide bonds. The molecule has 1 N–H and O–H groups in total. The maximum absolute atomic E-state index is 5.28. The minimum absolute atomic E-state index is 0.422. The Balaban J connectivity index is 2.20. The van der Waals surface area contributed by atoms with Crippen LogP contribution in [-0.4, -0.2) is 26.3 Å². The first kappa shape index (κ1) is 10.0. The molecule has 1 fully saturated rings. The van der Waals surface area contributed by atoms with E-state index in [0.29, 0.717) is 11.5 Å². The minimum Gasteiger partial charge on any atom is -0.382 e. The summed E-state index contributed by atoms with van der Waals surface area (Å²) >= 11 is 0. The molecule has 2 nitrogen and oxygen atoms in total. The van der Waals surface area contributed by atoms with Gasteiger partial charge in [0, 0.05) is 13.7 Å². The summed E-state index contributed by atoms with van der Waals surface area (Å²) in [5.74, 6) is 0. The molecule has 0 radical (unpaired) electrons. The van der Waals surface area contributed by atoms with Crippen LogP contribution in [0.1, 0.15) is 33.1 Å². The van der Waals surface area contributed by atoms with Gasteiger partial charge in [0.1, 0.15) is 0 Å². The van der Waals surface area contributed by atoms with E-state index in [1.165, 1.54) is 25.8 Å². The number of ether oxygens (including phenoxy) is 1. The van der Waals surface area contributed by atoms with E-state index < -0.39 is 0 Å². The number of methoxy groups -OCH3 is 1. The van der Waals surface area contributed by atoms with E-state index in [1.807, 2.05) is 0 Å². The molecule has 1 aliphatic carbocycles. The van der Waals surface area contributed by atoms with E-state index in [0.717, 1.165) is 6.54 Å². The minimum atomic E-state index is 0.422. The third kappa shape index (κ3) is 2.76. The molecule has 72 valence electrons. The molecule has 0 aliphatic heterocycles. The Kier molecular flexibility index (Phi) is 3.53. The van der Waals surface area contributed by atoms with E-state index in [1.54, 1.807) is 7.11 Å². The van der Waals surface area contributed by atoms with Crippen molar-refractivity contribution in [3.63, 3.8) is 0 Å². The number of hydrogen-bond donors (Lipinski definition) is 1. The fourth-order valence-corrected chi connectivity index (χ4v) is 1.71. The van der Waals surface area contributed by atoms with Gasteiger partial charge in [-0.25, -0.2) is 0 Å². The Morgan fingerprint density at radius 1 is 1.50 bits per heavy atom. The van der Waals surface area contributed by atoms with Crippen molar-refractivity contribution < 1.29 is 4.74 Å². The lowest BCUT2D eigenvalue weighted by Gasteiger charge is -2.19. The molecule has 0 aromatic carbocycles. The Morgan fingerprint density at radius 3 is 2.58 bits per heavy atom. The van der Waals surface area contributed by atoms with Crippen molar-refractivity contribution >= 4 is 0 Å². The van der Waals surface area contributed by atoms with Crippen LogP contribution in [0.15, 0.2) is 0 Å². The zero-order chi connectivity index (χ0) is 9.03. The van der Waals surface area contributed by atoms with Crippen molar-refractivity contribution in [1.29, 1.82) is 0 Å². The Hall–Kier alpha value is -0.0800. The molecular formula is C10H21NO. The second-order valence-corrected chi connectivity index (χ2v) is 4.03. The van der Waals surface area contributed by atoms with E-state index in [2.05, 4.69) is 19.2 Å². The summed E-state index contributed by atoms with van der Waals surface area (Å²) in [7, 11) is 1.80. The molecule has 0 heterocycles. The molecule has 1 atom stereocenters. The highest BCUT2D eigenvalue weighted by Crippen LogP contribution is 2.49. The first-order chi connectivity index (χ1) is 5.72. The average Bonchev–Trinajstić information content (AvgIpc) is 2.82. The standard InChI is InChI=1S/C10H21NO/c1-4-11-8-10(5-6-10)7-9(2)12-3/h9,11H,4-8H2,1-3H3. The van der Waals surface area contributed by atoms with Crippen molar-refractivity contribution in [3.8, 4) is 0 Å². The monoisotopic (exact) mass is 171 g/mol. The molecular weight excluding hydrogens is 150 g/mol. The predicted octanol–water partition coefficient (Wildman–Crippen LogP) is 1.80. The van der Waals surface area contributed by atoms with Crippen molar-refractivity contribution in [2.45, 2.75) is 39.2 Å². The fourth-order valence-electron chi connectivity index (χ4n) is 1.71. The van der Waals surface area contributed by atoms with Crippen LogP contribution in [0.3, 0.4) is 0 Å². The van der Waals surface area contributed by atoms with Gasteiger partial charge in [-0.1, -0.05) is 6.92 Å². The lowest BCUT2D eigenvalue weighted by Crippen LogP contribution is -2.26. The molecule has 0 aromatic rings. The summed E-state index contributed by atoms with van der Waals surface area (Å²) in [6.07, 6.45) is 4.41. The third-order valence-corrected chi connectivity index (χ3v) is 2.83. The Bertz CT molecular complexity index is 132. The van der Waals surface area contributed by atoms with Gasteiger partial charge < -0.3 is 10.1 Å². The van der Waals surface area contributed by atoms with Crippen LogP contribution >= 0.6 is 0 Å². The van der Waals surface area contributed by atoms with Gasteiger partial charge in [-0.05, 0) is 38.1 Å². The molecule has 0 spiro atoms. The third-order valence-electron chi connectivity index (χ3n) is 2.83. The van der Waals surface area contributed by atoms with Crippen LogP contribution < -0.4 is 5.32 Å². The lowest BCUT2D eigenvalue weighted by atomic mass is 9.99. The van der Waals surface area contributed by atoms with Gasteiger partial charge in [-0.15, -0.1) is 0 Å². The van der Waals surface area contributed by atoms with Crippen molar-refractivity contribution in [2.75, 3.05) is 20.2 Å². The van der Waals surface area contributed by atoms with Crippen molar-refractivity contribution in [3.05, 3.63) is 0 Å². The van der Waals surface area contributed by atoms with Gasteiger partial charge in [0.25, 0.3) is 0 Å². The highest BCUT2D eigenvalue weighted by molar-refractivity contribution is 4.95. The van der Waals surface area contributed by atoms with Crippen molar-refractivity contribution in [1.82, 2.24) is 5.32 Å². The maximum Gasteiger partial charge on any atom is 0.0549 e. The van der Waals surface area contributed by atoms with Gasteiger partial charge >= 0.3 is 0 Å². The first-order valence-corrected chi connectivity index (χ1v) is 4.96. The predicted molar refractivity (Wildman–Crippen MR) is 51.3 cm³/mol. The maximum atomic E-state index is 5.28. The smallest absolute Gasteiger partial charge is 0.0549 e. The van der Waals surface area contributed by atoms with Gasteiger partial charge in [0.05, 0.1) is 6.10 Å². The summed E-state index contributed by atoms with van der Waals surface area (Å²) in [4.78, 5) is 0. The van der Waals surface area contributed by atoms with Crippen molar-refractivity contribution in [2.24, 2.45) is 5.41 Å². The highest BCUT2D eigenvalue weighted by Gasteiger charge is 2.42. The van der Waals surface area contributed by atoms with E-state index in [9.17, 15) is 0 Å². The lowest BCUT2D eigenvalue weighted by molar-refractivity contribution is 0.0903. The summed E-state index contributed by atoms with van der Waals surface area (Å²) in [6.45, 7) is 6.59. The number of rotatable bonds is 6. The zero-order valence-electron chi connectivity index (χ0n) is 8.52. The zero-order valence-corrected chi connectivity index (χ0v) is 8.52. The van der Waals surface area contributed by atoms with Crippen LogP contribution in [0, 0.1) is 5.41 Å². The topological polar surface area (TPSA) is 21.3 Å². The summed E-state index contributed by atoms with van der Waals surface area (Å²) in [5.41, 5.74) is 0.589. The van der Waals surface area contributed by atoms with E-state index in [-0.39, 0.29) is 0 Å². The molecule has 1 unspecified atom stereocenters. The second-order valence-electron chi connectivity index (χ2n) is 4.03. The molecule has 12 heavy (non-hydrogen) atoms. The van der Waals surface area contributed by atoms with Gasteiger partial charge in [0.15, 0.2) is 0 Å². The molecule has 0 bridgehead atoms. The van der Waals surface area contributed by atoms with Crippen LogP contribution in [0.25, 0.3) is 0 Å². The summed E-state index contributed by atoms with van der Waals surface area (Å²) in [5, 5.41) is 3.42. The Labute approximate surface area is 75.7 Å².